The Kier molecular flexibility index (Phi) is 5.74. The molecule has 10 heteroatoms. The van der Waals surface area contributed by atoms with Crippen LogP contribution < -0.4 is 0 Å². The number of aryl methyl sites for hydroxylation is 2. The number of amides is 1. The molecule has 1 atom stereocenters. The lowest BCUT2D eigenvalue weighted by atomic mass is 9.93. The zero-order valence-corrected chi connectivity index (χ0v) is 19.8. The number of piperidine rings is 2. The number of carbonyl (C=O) groups is 1. The summed E-state index contributed by atoms with van der Waals surface area (Å²) < 4.78 is 35.0. The number of imidazole rings is 1. The minimum Gasteiger partial charge on any atom is -0.440 e. The molecule has 3 aromatic rings. The molecule has 0 N–H and O–H groups in total. The molecular weight excluding hydrogens is 442 g/mol. The third-order valence-electron chi connectivity index (χ3n) is 6.89. The van der Waals surface area contributed by atoms with E-state index in [0.29, 0.717) is 44.2 Å². The third kappa shape index (κ3) is 4.17. The van der Waals surface area contributed by atoms with Crippen molar-refractivity contribution >= 4 is 27.0 Å². The Morgan fingerprint density at radius 3 is 2.55 bits per heavy atom. The topological polar surface area (TPSA) is 102 Å². The number of para-hydroxylation sites is 2. The first-order valence-electron chi connectivity index (χ1n) is 11.5. The van der Waals surface area contributed by atoms with Crippen molar-refractivity contribution in [3.63, 3.8) is 0 Å². The van der Waals surface area contributed by atoms with Crippen molar-refractivity contribution in [3.05, 3.63) is 42.2 Å². The SMILES string of the molecule is Cc1nc(S(=O)(=O)N2CCC(C(=O)N3CCCC(c4nc5ccccc5o4)C3)CC2)cn1C. The van der Waals surface area contributed by atoms with Crippen LogP contribution in [-0.2, 0) is 21.9 Å². The summed E-state index contributed by atoms with van der Waals surface area (Å²) in [7, 11) is -1.86. The summed E-state index contributed by atoms with van der Waals surface area (Å²) in [5, 5.41) is 0.0736. The minimum atomic E-state index is -3.64. The molecular formula is C23H29N5O4S. The Labute approximate surface area is 193 Å². The molecule has 5 rings (SSSR count). The highest BCUT2D eigenvalue weighted by Crippen LogP contribution is 2.31. The number of oxazole rings is 1. The maximum absolute atomic E-state index is 13.3. The van der Waals surface area contributed by atoms with Crippen LogP contribution in [0.2, 0.25) is 0 Å². The standard InChI is InChI=1S/C23H29N5O4S/c1-16-24-21(15-26(16)2)33(30,31)28-12-9-17(10-13-28)23(29)27-11-5-6-18(14-27)22-25-19-7-3-4-8-20(19)32-22/h3-4,7-8,15,17-18H,5-6,9-14H2,1-2H3. The van der Waals surface area contributed by atoms with Crippen molar-refractivity contribution in [1.82, 2.24) is 23.7 Å². The van der Waals surface area contributed by atoms with Gasteiger partial charge >= 0.3 is 0 Å². The normalized spacial score (nSPS) is 21.0. The van der Waals surface area contributed by atoms with Crippen LogP contribution in [0.25, 0.3) is 11.1 Å². The van der Waals surface area contributed by atoms with Gasteiger partial charge in [0.1, 0.15) is 11.3 Å². The summed E-state index contributed by atoms with van der Waals surface area (Å²) in [6.07, 6.45) is 4.43. The fourth-order valence-electron chi connectivity index (χ4n) is 4.83. The fourth-order valence-corrected chi connectivity index (χ4v) is 6.32. The largest absolute Gasteiger partial charge is 0.440 e. The number of hydrogen-bond acceptors (Lipinski definition) is 6. The molecule has 9 nitrogen and oxygen atoms in total. The van der Waals surface area contributed by atoms with E-state index in [2.05, 4.69) is 9.97 Å². The van der Waals surface area contributed by atoms with Crippen LogP contribution in [-0.4, -0.2) is 64.2 Å². The van der Waals surface area contributed by atoms with Gasteiger partial charge < -0.3 is 13.9 Å². The van der Waals surface area contributed by atoms with E-state index in [4.69, 9.17) is 4.42 Å². The highest BCUT2D eigenvalue weighted by atomic mass is 32.2. The molecule has 2 aliphatic heterocycles. The van der Waals surface area contributed by atoms with Gasteiger partial charge in [0.25, 0.3) is 10.0 Å². The molecule has 4 heterocycles. The van der Waals surface area contributed by atoms with Gasteiger partial charge in [-0.1, -0.05) is 12.1 Å². The molecule has 0 saturated carbocycles. The van der Waals surface area contributed by atoms with Gasteiger partial charge in [0.15, 0.2) is 16.5 Å². The Morgan fingerprint density at radius 1 is 1.09 bits per heavy atom. The Morgan fingerprint density at radius 2 is 1.85 bits per heavy atom. The molecule has 0 aliphatic carbocycles. The van der Waals surface area contributed by atoms with Gasteiger partial charge in [-0.2, -0.15) is 4.31 Å². The molecule has 2 aromatic heterocycles. The van der Waals surface area contributed by atoms with Gasteiger partial charge in [0.05, 0.1) is 5.92 Å². The average Bonchev–Trinajstić information content (AvgIpc) is 3.42. The molecule has 176 valence electrons. The number of aromatic nitrogens is 3. The van der Waals surface area contributed by atoms with Crippen molar-refractivity contribution in [3.8, 4) is 0 Å². The number of benzene rings is 1. The van der Waals surface area contributed by atoms with Crippen molar-refractivity contribution in [2.24, 2.45) is 13.0 Å². The van der Waals surface area contributed by atoms with Gasteiger partial charge in [-0.25, -0.2) is 18.4 Å². The van der Waals surface area contributed by atoms with Crippen LogP contribution in [0, 0.1) is 12.8 Å². The third-order valence-corrected chi connectivity index (χ3v) is 8.66. The van der Waals surface area contributed by atoms with Crippen LogP contribution >= 0.6 is 0 Å². The maximum Gasteiger partial charge on any atom is 0.262 e. The molecule has 0 spiro atoms. The number of carbonyl (C=O) groups excluding carboxylic acids is 1. The van der Waals surface area contributed by atoms with Crippen molar-refractivity contribution in [2.45, 2.75) is 43.6 Å². The van der Waals surface area contributed by atoms with E-state index in [1.54, 1.807) is 24.7 Å². The number of rotatable bonds is 4. The second-order valence-corrected chi connectivity index (χ2v) is 10.9. The van der Waals surface area contributed by atoms with Crippen LogP contribution in [0.15, 0.2) is 39.9 Å². The number of likely N-dealkylation sites (tertiary alicyclic amines) is 1. The Bertz CT molecular complexity index is 1220. The summed E-state index contributed by atoms with van der Waals surface area (Å²) in [5.74, 6) is 1.38. The Hall–Kier alpha value is -2.72. The molecule has 1 unspecified atom stereocenters. The lowest BCUT2D eigenvalue weighted by Crippen LogP contribution is -2.47. The zero-order valence-electron chi connectivity index (χ0n) is 19.0. The summed E-state index contributed by atoms with van der Waals surface area (Å²) >= 11 is 0. The molecule has 0 radical (unpaired) electrons. The molecule has 33 heavy (non-hydrogen) atoms. The van der Waals surface area contributed by atoms with Crippen LogP contribution in [0.1, 0.15) is 43.3 Å². The first kappa shape index (κ1) is 22.1. The van der Waals surface area contributed by atoms with Crippen molar-refractivity contribution in [2.75, 3.05) is 26.2 Å². The minimum absolute atomic E-state index is 0.0736. The lowest BCUT2D eigenvalue weighted by molar-refractivity contribution is -0.138. The first-order valence-corrected chi connectivity index (χ1v) is 12.9. The van der Waals surface area contributed by atoms with Gasteiger partial charge in [-0.3, -0.25) is 4.79 Å². The van der Waals surface area contributed by atoms with E-state index < -0.39 is 10.0 Å². The predicted octanol–water partition coefficient (Wildman–Crippen LogP) is 2.68. The second-order valence-electron chi connectivity index (χ2n) is 9.06. The van der Waals surface area contributed by atoms with E-state index in [-0.39, 0.29) is 22.8 Å². The van der Waals surface area contributed by atoms with Crippen molar-refractivity contribution < 1.29 is 17.6 Å². The molecule has 1 aromatic carbocycles. The van der Waals surface area contributed by atoms with Crippen LogP contribution in [0.3, 0.4) is 0 Å². The molecule has 1 amide bonds. The first-order chi connectivity index (χ1) is 15.8. The van der Waals surface area contributed by atoms with E-state index in [1.165, 1.54) is 4.31 Å². The number of hydrogen-bond donors (Lipinski definition) is 0. The van der Waals surface area contributed by atoms with E-state index in [1.807, 2.05) is 29.2 Å². The number of sulfonamides is 1. The second kappa shape index (κ2) is 8.57. The number of nitrogens with zero attached hydrogens (tertiary/aromatic N) is 5. The van der Waals surface area contributed by atoms with Gasteiger partial charge in [0.2, 0.25) is 5.91 Å². The van der Waals surface area contributed by atoms with Crippen LogP contribution in [0.5, 0.6) is 0 Å². The highest BCUT2D eigenvalue weighted by Gasteiger charge is 2.36. The summed E-state index contributed by atoms with van der Waals surface area (Å²) in [5.41, 5.74) is 1.61. The maximum atomic E-state index is 13.3. The monoisotopic (exact) mass is 471 g/mol. The summed E-state index contributed by atoms with van der Waals surface area (Å²) in [6, 6.07) is 7.70. The lowest BCUT2D eigenvalue weighted by Gasteiger charge is -2.36. The summed E-state index contributed by atoms with van der Waals surface area (Å²) in [6.45, 7) is 3.75. The molecule has 2 aliphatic rings. The van der Waals surface area contributed by atoms with Crippen LogP contribution in [0.4, 0.5) is 0 Å². The highest BCUT2D eigenvalue weighted by molar-refractivity contribution is 7.89. The predicted molar refractivity (Wildman–Crippen MR) is 122 cm³/mol. The quantitative estimate of drug-likeness (QED) is 0.580. The zero-order chi connectivity index (χ0) is 23.2. The Balaban J connectivity index is 1.22. The van der Waals surface area contributed by atoms with Crippen molar-refractivity contribution in [1.29, 1.82) is 0 Å². The molecule has 2 fully saturated rings. The molecule has 2 saturated heterocycles. The molecule has 0 bridgehead atoms. The van der Waals surface area contributed by atoms with Gasteiger partial charge in [-0.15, -0.1) is 0 Å². The van der Waals surface area contributed by atoms with Gasteiger partial charge in [-0.05, 0) is 44.7 Å². The smallest absolute Gasteiger partial charge is 0.262 e. The number of fused-ring (bicyclic) bond motifs is 1. The average molecular weight is 472 g/mol. The van der Waals surface area contributed by atoms with E-state index >= 15 is 0 Å². The summed E-state index contributed by atoms with van der Waals surface area (Å²) in [4.78, 5) is 24.0. The fraction of sp³-hybridized carbons (Fsp3) is 0.522. The van der Waals surface area contributed by atoms with Gasteiger partial charge in [0, 0.05) is 45.3 Å². The van der Waals surface area contributed by atoms with E-state index in [9.17, 15) is 13.2 Å². The van der Waals surface area contributed by atoms with E-state index in [0.717, 1.165) is 30.5 Å².